The summed E-state index contributed by atoms with van der Waals surface area (Å²) in [5.74, 6) is -0.0996. The van der Waals surface area contributed by atoms with E-state index in [9.17, 15) is 4.79 Å². The minimum Gasteiger partial charge on any atom is -0.462 e. The van der Waals surface area contributed by atoms with Crippen LogP contribution in [0.3, 0.4) is 0 Å². The number of carbonyl (C=O) groups is 1. The third kappa shape index (κ3) is 3.53. The van der Waals surface area contributed by atoms with Crippen LogP contribution in [0.5, 0.6) is 0 Å². The zero-order chi connectivity index (χ0) is 14.5. The molecule has 0 amide bonds. The lowest BCUT2D eigenvalue weighted by Gasteiger charge is -2.36. The molecule has 0 radical (unpaired) electrons. The van der Waals surface area contributed by atoms with E-state index >= 15 is 0 Å². The number of piperidine rings is 1. The second kappa shape index (κ2) is 6.90. The highest BCUT2D eigenvalue weighted by Gasteiger charge is 2.30. The van der Waals surface area contributed by atoms with E-state index in [0.717, 1.165) is 37.9 Å². The van der Waals surface area contributed by atoms with Crippen LogP contribution >= 0.6 is 0 Å². The smallest absolute Gasteiger partial charge is 0.335 e. The summed E-state index contributed by atoms with van der Waals surface area (Å²) in [5, 5.41) is 0. The third-order valence-electron chi connectivity index (χ3n) is 4.38. The highest BCUT2D eigenvalue weighted by molar-refractivity contribution is 5.90. The average Bonchev–Trinajstić information content (AvgIpc) is 2.74. The lowest BCUT2D eigenvalue weighted by molar-refractivity contribution is -0.139. The molecule has 1 fully saturated rings. The molecule has 1 atom stereocenters. The van der Waals surface area contributed by atoms with Crippen LogP contribution in [0.25, 0.3) is 0 Å². The van der Waals surface area contributed by atoms with Gasteiger partial charge in [-0.3, -0.25) is 4.90 Å². The Bertz CT molecular complexity index is 509. The van der Waals surface area contributed by atoms with Gasteiger partial charge in [-0.1, -0.05) is 42.8 Å². The van der Waals surface area contributed by atoms with Gasteiger partial charge in [0.05, 0.1) is 12.2 Å². The minimum absolute atomic E-state index is 0.0996. The van der Waals surface area contributed by atoms with Crippen molar-refractivity contribution in [2.45, 2.75) is 44.7 Å². The van der Waals surface area contributed by atoms with Crippen molar-refractivity contribution in [1.82, 2.24) is 4.90 Å². The fourth-order valence-corrected chi connectivity index (χ4v) is 3.29. The molecule has 0 spiro atoms. The van der Waals surface area contributed by atoms with Crippen molar-refractivity contribution in [1.29, 1.82) is 0 Å². The summed E-state index contributed by atoms with van der Waals surface area (Å²) in [7, 11) is 0. The highest BCUT2D eigenvalue weighted by Crippen LogP contribution is 2.27. The van der Waals surface area contributed by atoms with Crippen molar-refractivity contribution in [2.24, 2.45) is 0 Å². The Labute approximate surface area is 126 Å². The first-order chi connectivity index (χ1) is 10.3. The van der Waals surface area contributed by atoms with Crippen LogP contribution in [-0.2, 0) is 16.1 Å². The number of rotatable bonds is 3. The molecule has 1 aromatic carbocycles. The molecule has 3 nitrogen and oxygen atoms in total. The number of hydrogen-bond donors (Lipinski definition) is 0. The Morgan fingerprint density at radius 2 is 2.00 bits per heavy atom. The molecule has 3 heteroatoms. The fourth-order valence-electron chi connectivity index (χ4n) is 3.29. The van der Waals surface area contributed by atoms with Crippen LogP contribution in [0.2, 0.25) is 0 Å². The van der Waals surface area contributed by atoms with Crippen molar-refractivity contribution in [3.63, 3.8) is 0 Å². The van der Waals surface area contributed by atoms with Gasteiger partial charge in [0.1, 0.15) is 0 Å². The molecule has 0 aliphatic carbocycles. The number of ether oxygens (including phenoxy) is 1. The largest absolute Gasteiger partial charge is 0.462 e. The van der Waals surface area contributed by atoms with Crippen LogP contribution < -0.4 is 0 Å². The van der Waals surface area contributed by atoms with Gasteiger partial charge in [0.15, 0.2) is 0 Å². The van der Waals surface area contributed by atoms with Gasteiger partial charge in [0.2, 0.25) is 0 Å². The van der Waals surface area contributed by atoms with Crippen LogP contribution in [-0.4, -0.2) is 30.1 Å². The first-order valence-corrected chi connectivity index (χ1v) is 8.00. The Hall–Kier alpha value is -1.61. The second-order valence-electron chi connectivity index (χ2n) is 5.91. The van der Waals surface area contributed by atoms with E-state index in [0.29, 0.717) is 6.61 Å². The van der Waals surface area contributed by atoms with Crippen LogP contribution in [0, 0.1) is 0 Å². The minimum atomic E-state index is -0.0996. The van der Waals surface area contributed by atoms with Crippen molar-refractivity contribution in [2.75, 3.05) is 13.2 Å². The van der Waals surface area contributed by atoms with Crippen molar-refractivity contribution >= 4 is 5.97 Å². The number of carbonyl (C=O) groups excluding carboxylic acids is 1. The maximum absolute atomic E-state index is 12.2. The Balaban J connectivity index is 1.77. The predicted octanol–water partition coefficient (Wildman–Crippen LogP) is 3.30. The molecular formula is C18H23NO2. The van der Waals surface area contributed by atoms with Gasteiger partial charge in [0, 0.05) is 12.6 Å². The van der Waals surface area contributed by atoms with E-state index in [1.807, 2.05) is 6.07 Å². The molecular weight excluding hydrogens is 262 g/mol. The maximum Gasteiger partial charge on any atom is 0.335 e. The molecule has 0 aromatic heterocycles. The van der Waals surface area contributed by atoms with Gasteiger partial charge in [-0.2, -0.15) is 0 Å². The third-order valence-corrected chi connectivity index (χ3v) is 4.38. The van der Waals surface area contributed by atoms with E-state index < -0.39 is 0 Å². The summed E-state index contributed by atoms with van der Waals surface area (Å²) in [6.45, 7) is 2.53. The number of likely N-dealkylation sites (tertiary alicyclic amines) is 1. The monoisotopic (exact) mass is 285 g/mol. The lowest BCUT2D eigenvalue weighted by atomic mass is 9.93. The Morgan fingerprint density at radius 3 is 2.86 bits per heavy atom. The number of cyclic esters (lactones) is 1. The van der Waals surface area contributed by atoms with Crippen LogP contribution in [0.4, 0.5) is 0 Å². The number of hydrogen-bond acceptors (Lipinski definition) is 3. The molecule has 2 aliphatic rings. The first-order valence-electron chi connectivity index (χ1n) is 8.00. The van der Waals surface area contributed by atoms with Crippen LogP contribution in [0.1, 0.15) is 37.7 Å². The summed E-state index contributed by atoms with van der Waals surface area (Å²) >= 11 is 0. The summed E-state index contributed by atoms with van der Waals surface area (Å²) in [4.78, 5) is 14.6. The topological polar surface area (TPSA) is 29.5 Å². The number of benzene rings is 1. The lowest BCUT2D eigenvalue weighted by Crippen LogP contribution is -2.42. The quantitative estimate of drug-likeness (QED) is 0.798. The molecule has 0 bridgehead atoms. The SMILES string of the molecule is O=C1OCCCC=C1[C@H]1CCCCN1Cc1ccccc1. The molecule has 21 heavy (non-hydrogen) atoms. The van der Waals surface area contributed by atoms with Gasteiger partial charge in [-0.25, -0.2) is 4.79 Å². The predicted molar refractivity (Wildman–Crippen MR) is 82.8 cm³/mol. The maximum atomic E-state index is 12.2. The number of esters is 1. The number of allylic oxidation sites excluding steroid dienone is 1. The van der Waals surface area contributed by atoms with E-state index in [4.69, 9.17) is 4.74 Å². The molecule has 1 aromatic rings. The standard InChI is InChI=1S/C18H23NO2/c20-18-16(10-5-7-13-21-18)17-11-4-6-12-19(17)14-15-8-2-1-3-9-15/h1-3,8-10,17H,4-7,11-14H2/t17-/m1/s1. The fraction of sp³-hybridized carbons (Fsp3) is 0.500. The molecule has 0 unspecified atom stereocenters. The van der Waals surface area contributed by atoms with Gasteiger partial charge in [-0.05, 0) is 37.8 Å². The summed E-state index contributed by atoms with van der Waals surface area (Å²) < 4.78 is 5.33. The van der Waals surface area contributed by atoms with E-state index in [1.54, 1.807) is 0 Å². The van der Waals surface area contributed by atoms with Crippen molar-refractivity contribution in [3.05, 3.63) is 47.5 Å². The van der Waals surface area contributed by atoms with Crippen molar-refractivity contribution in [3.8, 4) is 0 Å². The zero-order valence-electron chi connectivity index (χ0n) is 12.5. The average molecular weight is 285 g/mol. The molecule has 0 saturated carbocycles. The molecule has 0 N–H and O–H groups in total. The van der Waals surface area contributed by atoms with E-state index in [2.05, 4.69) is 35.2 Å². The second-order valence-corrected chi connectivity index (χ2v) is 5.91. The molecule has 2 heterocycles. The van der Waals surface area contributed by atoms with Crippen LogP contribution in [0.15, 0.2) is 42.0 Å². The summed E-state index contributed by atoms with van der Waals surface area (Å²) in [5.41, 5.74) is 2.20. The summed E-state index contributed by atoms with van der Waals surface area (Å²) in [6.07, 6.45) is 7.49. The van der Waals surface area contributed by atoms with Gasteiger partial charge >= 0.3 is 5.97 Å². The summed E-state index contributed by atoms with van der Waals surface area (Å²) in [6, 6.07) is 10.7. The highest BCUT2D eigenvalue weighted by atomic mass is 16.5. The van der Waals surface area contributed by atoms with Gasteiger partial charge < -0.3 is 4.74 Å². The van der Waals surface area contributed by atoms with Crippen molar-refractivity contribution < 1.29 is 9.53 Å². The molecule has 3 rings (SSSR count). The zero-order valence-corrected chi connectivity index (χ0v) is 12.5. The molecule has 112 valence electrons. The molecule has 2 aliphatic heterocycles. The Morgan fingerprint density at radius 1 is 1.14 bits per heavy atom. The number of nitrogens with zero attached hydrogens (tertiary/aromatic N) is 1. The van der Waals surface area contributed by atoms with E-state index in [-0.39, 0.29) is 12.0 Å². The normalized spacial score (nSPS) is 24.1. The van der Waals surface area contributed by atoms with E-state index in [1.165, 1.54) is 18.4 Å². The Kier molecular flexibility index (Phi) is 4.71. The first kappa shape index (κ1) is 14.3. The van der Waals surface area contributed by atoms with Gasteiger partial charge in [-0.15, -0.1) is 0 Å². The molecule has 1 saturated heterocycles. The van der Waals surface area contributed by atoms with Gasteiger partial charge in [0.25, 0.3) is 0 Å².